The molecule has 3 heteroatoms. The van der Waals surface area contributed by atoms with E-state index in [0.717, 1.165) is 10.9 Å². The van der Waals surface area contributed by atoms with E-state index < -0.39 is 0 Å². The highest BCUT2D eigenvalue weighted by atomic mass is 35.5. The Labute approximate surface area is 115 Å². The van der Waals surface area contributed by atoms with Crippen LogP contribution in [0.15, 0.2) is 6.07 Å². The van der Waals surface area contributed by atoms with Crippen molar-refractivity contribution in [2.75, 3.05) is 6.54 Å². The molecule has 1 rings (SSSR count). The van der Waals surface area contributed by atoms with Gasteiger partial charge in [-0.15, -0.1) is 11.3 Å². The number of hydrogen-bond acceptors (Lipinski definition) is 2. The molecule has 1 aromatic rings. The maximum atomic E-state index is 6.18. The average molecular weight is 274 g/mol. The molecule has 1 nitrogen and oxygen atoms in total. The first-order valence-electron chi connectivity index (χ1n) is 6.59. The SMILES string of the molecule is CCCNC(c1cc(C)c(Cl)s1)C(C)CCC. The molecule has 2 atom stereocenters. The fourth-order valence-electron chi connectivity index (χ4n) is 2.14. The van der Waals surface area contributed by atoms with Gasteiger partial charge >= 0.3 is 0 Å². The largest absolute Gasteiger partial charge is 0.309 e. The van der Waals surface area contributed by atoms with E-state index in [1.54, 1.807) is 11.3 Å². The molecule has 2 unspecified atom stereocenters. The molecule has 0 aliphatic heterocycles. The van der Waals surface area contributed by atoms with Gasteiger partial charge in [0.25, 0.3) is 0 Å². The van der Waals surface area contributed by atoms with Crippen LogP contribution in [0.1, 0.15) is 56.5 Å². The molecule has 0 aliphatic carbocycles. The van der Waals surface area contributed by atoms with Crippen LogP contribution >= 0.6 is 22.9 Å². The summed E-state index contributed by atoms with van der Waals surface area (Å²) in [5.41, 5.74) is 1.21. The van der Waals surface area contributed by atoms with E-state index >= 15 is 0 Å². The number of aryl methyl sites for hydroxylation is 1. The summed E-state index contributed by atoms with van der Waals surface area (Å²) < 4.78 is 0.937. The van der Waals surface area contributed by atoms with Crippen molar-refractivity contribution in [1.82, 2.24) is 5.32 Å². The van der Waals surface area contributed by atoms with Crippen LogP contribution in [-0.2, 0) is 0 Å². The average Bonchev–Trinajstić information content (AvgIpc) is 2.60. The molecule has 0 saturated heterocycles. The first-order chi connectivity index (χ1) is 8.10. The maximum Gasteiger partial charge on any atom is 0.0960 e. The molecular weight excluding hydrogens is 250 g/mol. The quantitative estimate of drug-likeness (QED) is 0.721. The molecular formula is C14H24ClNS. The summed E-state index contributed by atoms with van der Waals surface area (Å²) in [5, 5.41) is 3.66. The van der Waals surface area contributed by atoms with Crippen LogP contribution in [0.25, 0.3) is 0 Å². The molecule has 0 radical (unpaired) electrons. The van der Waals surface area contributed by atoms with E-state index in [-0.39, 0.29) is 0 Å². The van der Waals surface area contributed by atoms with Crippen LogP contribution in [0.5, 0.6) is 0 Å². The fraction of sp³-hybridized carbons (Fsp3) is 0.714. The number of halogens is 1. The molecule has 98 valence electrons. The summed E-state index contributed by atoms with van der Waals surface area (Å²) in [7, 11) is 0. The molecule has 0 amide bonds. The topological polar surface area (TPSA) is 12.0 Å². The van der Waals surface area contributed by atoms with Crippen molar-refractivity contribution in [3.8, 4) is 0 Å². The third-order valence-electron chi connectivity index (χ3n) is 3.11. The third-order valence-corrected chi connectivity index (χ3v) is 4.75. The highest BCUT2D eigenvalue weighted by Crippen LogP contribution is 2.35. The zero-order valence-corrected chi connectivity index (χ0v) is 12.9. The summed E-state index contributed by atoms with van der Waals surface area (Å²) in [4.78, 5) is 1.39. The van der Waals surface area contributed by atoms with Crippen molar-refractivity contribution in [1.29, 1.82) is 0 Å². The minimum atomic E-state index is 0.464. The van der Waals surface area contributed by atoms with Gasteiger partial charge in [0.05, 0.1) is 4.34 Å². The van der Waals surface area contributed by atoms with Gasteiger partial charge in [0.15, 0.2) is 0 Å². The van der Waals surface area contributed by atoms with E-state index in [9.17, 15) is 0 Å². The predicted octanol–water partition coefficient (Wildman–Crippen LogP) is 5.19. The Kier molecular flexibility index (Phi) is 6.53. The Hall–Kier alpha value is -0.0500. The highest BCUT2D eigenvalue weighted by molar-refractivity contribution is 7.16. The van der Waals surface area contributed by atoms with E-state index in [2.05, 4.69) is 39.1 Å². The van der Waals surface area contributed by atoms with E-state index in [1.807, 2.05) is 0 Å². The van der Waals surface area contributed by atoms with Crippen LogP contribution in [-0.4, -0.2) is 6.54 Å². The summed E-state index contributed by atoms with van der Waals surface area (Å²) in [6, 6.07) is 2.71. The van der Waals surface area contributed by atoms with Gasteiger partial charge in [0, 0.05) is 10.9 Å². The molecule has 1 heterocycles. The Bertz CT molecular complexity index is 315. The number of nitrogens with one attached hydrogen (secondary N) is 1. The Morgan fingerprint density at radius 3 is 2.53 bits per heavy atom. The Morgan fingerprint density at radius 2 is 2.06 bits per heavy atom. The van der Waals surface area contributed by atoms with Crippen LogP contribution in [0.3, 0.4) is 0 Å². The van der Waals surface area contributed by atoms with Gasteiger partial charge < -0.3 is 5.32 Å². The Balaban J connectivity index is 2.80. The van der Waals surface area contributed by atoms with Gasteiger partial charge in [-0.3, -0.25) is 0 Å². The number of hydrogen-bond donors (Lipinski definition) is 1. The second-order valence-corrected chi connectivity index (χ2v) is 6.49. The summed E-state index contributed by atoms with van der Waals surface area (Å²) >= 11 is 7.91. The lowest BCUT2D eigenvalue weighted by Gasteiger charge is -2.24. The van der Waals surface area contributed by atoms with E-state index in [4.69, 9.17) is 11.6 Å². The van der Waals surface area contributed by atoms with Crippen LogP contribution in [0, 0.1) is 12.8 Å². The molecule has 0 aromatic carbocycles. The number of rotatable bonds is 7. The smallest absolute Gasteiger partial charge is 0.0960 e. The lowest BCUT2D eigenvalue weighted by Crippen LogP contribution is -2.27. The normalized spacial score (nSPS) is 14.9. The molecule has 0 fully saturated rings. The second kappa shape index (κ2) is 7.40. The summed E-state index contributed by atoms with van der Waals surface area (Å²) in [6.45, 7) is 9.96. The first kappa shape index (κ1) is 15.0. The minimum Gasteiger partial charge on any atom is -0.309 e. The van der Waals surface area contributed by atoms with Crippen molar-refractivity contribution < 1.29 is 0 Å². The predicted molar refractivity (Wildman–Crippen MR) is 79.2 cm³/mol. The minimum absolute atomic E-state index is 0.464. The van der Waals surface area contributed by atoms with E-state index in [0.29, 0.717) is 12.0 Å². The lowest BCUT2D eigenvalue weighted by molar-refractivity contribution is 0.368. The third kappa shape index (κ3) is 4.27. The molecule has 0 saturated carbocycles. The van der Waals surface area contributed by atoms with Gasteiger partial charge in [0.2, 0.25) is 0 Å². The number of thiophene rings is 1. The van der Waals surface area contributed by atoms with Gasteiger partial charge in [-0.25, -0.2) is 0 Å². The molecule has 1 aromatic heterocycles. The summed E-state index contributed by atoms with van der Waals surface area (Å²) in [6.07, 6.45) is 3.67. The van der Waals surface area contributed by atoms with Crippen molar-refractivity contribution in [2.24, 2.45) is 5.92 Å². The summed E-state index contributed by atoms with van der Waals surface area (Å²) in [5.74, 6) is 0.667. The molecule has 17 heavy (non-hydrogen) atoms. The Morgan fingerprint density at radius 1 is 1.35 bits per heavy atom. The van der Waals surface area contributed by atoms with Gasteiger partial charge in [-0.1, -0.05) is 38.8 Å². The molecule has 1 N–H and O–H groups in total. The molecule has 0 bridgehead atoms. The monoisotopic (exact) mass is 273 g/mol. The van der Waals surface area contributed by atoms with Gasteiger partial charge in [-0.05, 0) is 43.9 Å². The van der Waals surface area contributed by atoms with Crippen molar-refractivity contribution in [2.45, 2.75) is 53.0 Å². The first-order valence-corrected chi connectivity index (χ1v) is 7.78. The molecule has 0 aliphatic rings. The second-order valence-electron chi connectivity index (χ2n) is 4.80. The van der Waals surface area contributed by atoms with Gasteiger partial charge in [-0.2, -0.15) is 0 Å². The highest BCUT2D eigenvalue weighted by Gasteiger charge is 2.20. The van der Waals surface area contributed by atoms with Crippen molar-refractivity contribution in [3.05, 3.63) is 20.8 Å². The van der Waals surface area contributed by atoms with Crippen LogP contribution in [0.4, 0.5) is 0 Å². The lowest BCUT2D eigenvalue weighted by atomic mass is 9.95. The van der Waals surface area contributed by atoms with Crippen LogP contribution < -0.4 is 5.32 Å². The van der Waals surface area contributed by atoms with Crippen molar-refractivity contribution in [3.63, 3.8) is 0 Å². The standard InChI is InChI=1S/C14H24ClNS/c1-5-7-10(3)13(16-8-6-2)12-9-11(4)14(15)17-12/h9-10,13,16H,5-8H2,1-4H3. The van der Waals surface area contributed by atoms with E-state index in [1.165, 1.54) is 29.7 Å². The zero-order chi connectivity index (χ0) is 12.8. The van der Waals surface area contributed by atoms with Crippen LogP contribution in [0.2, 0.25) is 4.34 Å². The zero-order valence-electron chi connectivity index (χ0n) is 11.3. The van der Waals surface area contributed by atoms with Crippen molar-refractivity contribution >= 4 is 22.9 Å². The fourth-order valence-corrected chi connectivity index (χ4v) is 3.57. The maximum absolute atomic E-state index is 6.18. The molecule has 0 spiro atoms. The van der Waals surface area contributed by atoms with Gasteiger partial charge in [0.1, 0.15) is 0 Å².